The van der Waals surface area contributed by atoms with Crippen LogP contribution in [0.1, 0.15) is 5.56 Å². The van der Waals surface area contributed by atoms with Gasteiger partial charge in [0.1, 0.15) is 0 Å². The van der Waals surface area contributed by atoms with Crippen molar-refractivity contribution in [3.8, 4) is 0 Å². The Labute approximate surface area is 112 Å². The first-order valence-electron chi connectivity index (χ1n) is 5.41. The molecule has 2 aromatic rings. The van der Waals surface area contributed by atoms with E-state index in [0.717, 1.165) is 22.9 Å². The van der Waals surface area contributed by atoms with Gasteiger partial charge in [-0.05, 0) is 48.3 Å². The van der Waals surface area contributed by atoms with Gasteiger partial charge < -0.3 is 10.5 Å². The summed E-state index contributed by atoms with van der Waals surface area (Å²) >= 11 is 1.11. The quantitative estimate of drug-likeness (QED) is 0.647. The van der Waals surface area contributed by atoms with Gasteiger partial charge in [-0.1, -0.05) is 12.1 Å². The summed E-state index contributed by atoms with van der Waals surface area (Å²) < 4.78 is 41.0. The molecule has 0 saturated heterocycles. The van der Waals surface area contributed by atoms with Crippen LogP contribution in [0.2, 0.25) is 0 Å². The molecule has 0 spiro atoms. The Morgan fingerprint density at radius 1 is 0.947 bits per heavy atom. The monoisotopic (exact) mass is 284 g/mol. The van der Waals surface area contributed by atoms with Crippen LogP contribution in [-0.2, 0) is 6.18 Å². The first-order chi connectivity index (χ1) is 8.97. The smallest absolute Gasteiger partial charge is 0.399 e. The van der Waals surface area contributed by atoms with Gasteiger partial charge in [0.15, 0.2) is 0 Å². The van der Waals surface area contributed by atoms with Crippen molar-refractivity contribution in [2.24, 2.45) is 0 Å². The van der Waals surface area contributed by atoms with Crippen LogP contribution in [0.5, 0.6) is 0 Å². The Kier molecular flexibility index (Phi) is 3.90. The fourth-order valence-electron chi connectivity index (χ4n) is 1.47. The number of hydrogen-bond donors (Lipinski definition) is 2. The summed E-state index contributed by atoms with van der Waals surface area (Å²) in [5.41, 5.74) is 5.50. The van der Waals surface area contributed by atoms with Crippen LogP contribution in [-0.4, -0.2) is 0 Å². The normalized spacial score (nSPS) is 11.3. The van der Waals surface area contributed by atoms with Gasteiger partial charge in [-0.3, -0.25) is 0 Å². The molecule has 0 fully saturated rings. The highest BCUT2D eigenvalue weighted by Crippen LogP contribution is 2.36. The Morgan fingerprint density at radius 2 is 1.58 bits per heavy atom. The number of hydrogen-bond acceptors (Lipinski definition) is 3. The predicted molar refractivity (Wildman–Crippen MR) is 71.8 cm³/mol. The van der Waals surface area contributed by atoms with Crippen LogP contribution in [0, 0.1) is 0 Å². The van der Waals surface area contributed by atoms with Crippen molar-refractivity contribution < 1.29 is 13.2 Å². The molecule has 0 aliphatic carbocycles. The van der Waals surface area contributed by atoms with Crippen LogP contribution in [0.3, 0.4) is 0 Å². The zero-order valence-corrected chi connectivity index (χ0v) is 10.6. The number of rotatable bonds is 3. The van der Waals surface area contributed by atoms with E-state index in [1.807, 2.05) is 0 Å². The molecule has 6 heteroatoms. The molecule has 2 rings (SSSR count). The number of alkyl halides is 3. The Hall–Kier alpha value is -1.82. The molecule has 0 aromatic heterocycles. The molecule has 0 atom stereocenters. The second kappa shape index (κ2) is 5.44. The fraction of sp³-hybridized carbons (Fsp3) is 0.0769. The molecule has 2 aromatic carbocycles. The van der Waals surface area contributed by atoms with Gasteiger partial charge in [0.25, 0.3) is 0 Å². The van der Waals surface area contributed by atoms with Crippen LogP contribution in [0.4, 0.5) is 24.5 Å². The van der Waals surface area contributed by atoms with E-state index in [0.29, 0.717) is 5.69 Å². The van der Waals surface area contributed by atoms with Gasteiger partial charge in [0, 0.05) is 10.6 Å². The largest absolute Gasteiger partial charge is 0.418 e. The Balaban J connectivity index is 2.14. The second-order valence-electron chi connectivity index (χ2n) is 3.82. The average Bonchev–Trinajstić information content (AvgIpc) is 2.37. The molecule has 0 aliphatic heterocycles. The fourth-order valence-corrected chi connectivity index (χ4v) is 2.15. The summed E-state index contributed by atoms with van der Waals surface area (Å²) in [5, 5.41) is 0. The van der Waals surface area contributed by atoms with Crippen LogP contribution in [0.25, 0.3) is 0 Å². The summed E-state index contributed by atoms with van der Waals surface area (Å²) in [6.45, 7) is 0. The zero-order chi connectivity index (χ0) is 13.9. The molecule has 3 N–H and O–H groups in total. The molecule has 100 valence electrons. The highest BCUT2D eigenvalue weighted by atomic mass is 32.2. The lowest BCUT2D eigenvalue weighted by molar-refractivity contribution is -0.136. The Bertz CT molecular complexity index is 553. The lowest BCUT2D eigenvalue weighted by atomic mass is 10.2. The lowest BCUT2D eigenvalue weighted by Gasteiger charge is -2.13. The third-order valence-electron chi connectivity index (χ3n) is 2.39. The lowest BCUT2D eigenvalue weighted by Crippen LogP contribution is -2.07. The van der Waals surface area contributed by atoms with Crippen molar-refractivity contribution in [2.45, 2.75) is 11.1 Å². The van der Waals surface area contributed by atoms with E-state index in [4.69, 9.17) is 5.73 Å². The minimum absolute atomic E-state index is 0.0387. The summed E-state index contributed by atoms with van der Waals surface area (Å²) in [4.78, 5) is 0.783. The van der Waals surface area contributed by atoms with Gasteiger partial charge in [0.2, 0.25) is 0 Å². The first-order valence-corrected chi connectivity index (χ1v) is 6.23. The minimum Gasteiger partial charge on any atom is -0.399 e. The molecule has 0 amide bonds. The van der Waals surface area contributed by atoms with Crippen molar-refractivity contribution in [3.05, 3.63) is 54.1 Å². The molecule has 0 heterocycles. The van der Waals surface area contributed by atoms with E-state index in [9.17, 15) is 13.2 Å². The van der Waals surface area contributed by atoms with Crippen molar-refractivity contribution in [1.82, 2.24) is 0 Å². The number of nitrogen functional groups attached to an aromatic ring is 1. The molecule has 2 nitrogen and oxygen atoms in total. The van der Waals surface area contributed by atoms with E-state index in [2.05, 4.69) is 4.72 Å². The van der Waals surface area contributed by atoms with Crippen molar-refractivity contribution in [1.29, 1.82) is 0 Å². The molecular weight excluding hydrogens is 273 g/mol. The van der Waals surface area contributed by atoms with Gasteiger partial charge >= 0.3 is 6.18 Å². The standard InChI is InChI=1S/C13H11F3N2S/c14-13(15,16)11-3-1-2-4-12(11)18-19-10-7-5-9(17)6-8-10/h1-8,18H,17H2. The average molecular weight is 284 g/mol. The van der Waals surface area contributed by atoms with Gasteiger partial charge in [-0.2, -0.15) is 13.2 Å². The maximum absolute atomic E-state index is 12.8. The maximum atomic E-state index is 12.8. The molecule has 0 unspecified atom stereocenters. The van der Waals surface area contributed by atoms with Crippen molar-refractivity contribution in [3.63, 3.8) is 0 Å². The van der Waals surface area contributed by atoms with Crippen molar-refractivity contribution >= 4 is 23.3 Å². The number of nitrogens with two attached hydrogens (primary N) is 1. The SMILES string of the molecule is Nc1ccc(SNc2ccccc2C(F)(F)F)cc1. The van der Waals surface area contributed by atoms with E-state index in [-0.39, 0.29) is 5.69 Å². The number of nitrogens with one attached hydrogen (secondary N) is 1. The van der Waals surface area contributed by atoms with Gasteiger partial charge in [-0.15, -0.1) is 0 Å². The summed E-state index contributed by atoms with van der Waals surface area (Å²) in [7, 11) is 0. The zero-order valence-electron chi connectivity index (χ0n) is 9.74. The third-order valence-corrected chi connectivity index (χ3v) is 3.22. The summed E-state index contributed by atoms with van der Waals surface area (Å²) in [6.07, 6.45) is -4.37. The first kappa shape index (κ1) is 13.6. The summed E-state index contributed by atoms with van der Waals surface area (Å²) in [5.74, 6) is 0. The number of benzene rings is 2. The number of halogens is 3. The predicted octanol–water partition coefficient (Wildman–Crippen LogP) is 4.41. The van der Waals surface area contributed by atoms with E-state index in [1.165, 1.54) is 12.1 Å². The van der Waals surface area contributed by atoms with E-state index >= 15 is 0 Å². The second-order valence-corrected chi connectivity index (χ2v) is 4.70. The molecule has 0 saturated carbocycles. The summed E-state index contributed by atoms with van der Waals surface area (Å²) in [6, 6.07) is 12.2. The van der Waals surface area contributed by atoms with Crippen LogP contribution >= 0.6 is 11.9 Å². The highest BCUT2D eigenvalue weighted by molar-refractivity contribution is 8.00. The Morgan fingerprint density at radius 3 is 2.21 bits per heavy atom. The molecule has 0 bridgehead atoms. The van der Waals surface area contributed by atoms with Crippen LogP contribution in [0.15, 0.2) is 53.4 Å². The molecule has 0 aliphatic rings. The molecule has 0 radical (unpaired) electrons. The number of anilines is 2. The van der Waals surface area contributed by atoms with Gasteiger partial charge in [-0.25, -0.2) is 0 Å². The molecular formula is C13H11F3N2S. The minimum atomic E-state index is -4.37. The van der Waals surface area contributed by atoms with E-state index in [1.54, 1.807) is 30.3 Å². The van der Waals surface area contributed by atoms with Crippen LogP contribution < -0.4 is 10.5 Å². The number of para-hydroxylation sites is 1. The molecule has 19 heavy (non-hydrogen) atoms. The third kappa shape index (κ3) is 3.57. The maximum Gasteiger partial charge on any atom is 0.418 e. The van der Waals surface area contributed by atoms with Crippen molar-refractivity contribution in [2.75, 3.05) is 10.5 Å². The van der Waals surface area contributed by atoms with E-state index < -0.39 is 11.7 Å². The topological polar surface area (TPSA) is 38.0 Å². The van der Waals surface area contributed by atoms with Gasteiger partial charge in [0.05, 0.1) is 11.3 Å². The highest BCUT2D eigenvalue weighted by Gasteiger charge is 2.33.